The standard InChI is InChI=1S/C13H12N4/c1-9-7-10(2)17-13(16-9)11(8-15-17)12-5-3-4-6-14-12/h3-8H,1-2H3. The van der Waals surface area contributed by atoms with Gasteiger partial charge in [0.2, 0.25) is 0 Å². The molecule has 0 aliphatic rings. The lowest BCUT2D eigenvalue weighted by atomic mass is 10.2. The van der Waals surface area contributed by atoms with Crippen molar-refractivity contribution >= 4 is 5.65 Å². The third kappa shape index (κ3) is 1.58. The summed E-state index contributed by atoms with van der Waals surface area (Å²) in [4.78, 5) is 8.87. The number of fused-ring (bicyclic) bond motifs is 1. The highest BCUT2D eigenvalue weighted by Gasteiger charge is 2.10. The monoisotopic (exact) mass is 224 g/mol. The molecule has 0 aliphatic heterocycles. The van der Waals surface area contributed by atoms with Gasteiger partial charge in [-0.25, -0.2) is 9.50 Å². The van der Waals surface area contributed by atoms with Crippen LogP contribution in [0.5, 0.6) is 0 Å². The average molecular weight is 224 g/mol. The Bertz CT molecular complexity index is 670. The van der Waals surface area contributed by atoms with Crippen LogP contribution in [0.1, 0.15) is 11.4 Å². The normalized spacial score (nSPS) is 10.9. The maximum atomic E-state index is 4.53. The van der Waals surface area contributed by atoms with Gasteiger partial charge in [0.15, 0.2) is 5.65 Å². The summed E-state index contributed by atoms with van der Waals surface area (Å²) in [5.41, 5.74) is 4.81. The summed E-state index contributed by atoms with van der Waals surface area (Å²) >= 11 is 0. The molecule has 0 N–H and O–H groups in total. The molecule has 3 heterocycles. The topological polar surface area (TPSA) is 43.1 Å². The van der Waals surface area contributed by atoms with Gasteiger partial charge in [-0.2, -0.15) is 5.10 Å². The molecule has 17 heavy (non-hydrogen) atoms. The van der Waals surface area contributed by atoms with Gasteiger partial charge in [-0.15, -0.1) is 0 Å². The van der Waals surface area contributed by atoms with Crippen molar-refractivity contribution in [3.63, 3.8) is 0 Å². The molecule has 0 spiro atoms. The number of rotatable bonds is 1. The minimum atomic E-state index is 0.862. The Kier molecular flexibility index (Phi) is 2.14. The lowest BCUT2D eigenvalue weighted by Crippen LogP contribution is -1.97. The SMILES string of the molecule is Cc1cc(C)n2ncc(-c3ccccn3)c2n1. The first kappa shape index (κ1) is 9.96. The van der Waals surface area contributed by atoms with Gasteiger partial charge in [0.05, 0.1) is 17.5 Å². The highest BCUT2D eigenvalue weighted by Crippen LogP contribution is 2.21. The molecule has 84 valence electrons. The molecule has 0 bridgehead atoms. The van der Waals surface area contributed by atoms with Crippen LogP contribution in [0.4, 0.5) is 0 Å². The van der Waals surface area contributed by atoms with Gasteiger partial charge in [0.1, 0.15) is 0 Å². The maximum Gasteiger partial charge on any atom is 0.164 e. The van der Waals surface area contributed by atoms with E-state index in [0.29, 0.717) is 0 Å². The van der Waals surface area contributed by atoms with Crippen LogP contribution >= 0.6 is 0 Å². The zero-order valence-corrected chi connectivity index (χ0v) is 9.75. The molecule has 3 rings (SSSR count). The van der Waals surface area contributed by atoms with Gasteiger partial charge in [-0.05, 0) is 32.0 Å². The fourth-order valence-corrected chi connectivity index (χ4v) is 1.97. The number of nitrogens with zero attached hydrogens (tertiary/aromatic N) is 4. The Morgan fingerprint density at radius 3 is 2.82 bits per heavy atom. The van der Waals surface area contributed by atoms with E-state index in [9.17, 15) is 0 Å². The molecule has 0 amide bonds. The van der Waals surface area contributed by atoms with Gasteiger partial charge in [0.25, 0.3) is 0 Å². The van der Waals surface area contributed by atoms with Crippen LogP contribution in [0.2, 0.25) is 0 Å². The lowest BCUT2D eigenvalue weighted by Gasteiger charge is -2.02. The summed E-state index contributed by atoms with van der Waals surface area (Å²) in [6, 6.07) is 7.85. The van der Waals surface area contributed by atoms with Crippen molar-refractivity contribution in [2.24, 2.45) is 0 Å². The van der Waals surface area contributed by atoms with Gasteiger partial charge in [0, 0.05) is 17.6 Å². The highest BCUT2D eigenvalue weighted by molar-refractivity contribution is 5.74. The van der Waals surface area contributed by atoms with E-state index >= 15 is 0 Å². The lowest BCUT2D eigenvalue weighted by molar-refractivity contribution is 0.886. The maximum absolute atomic E-state index is 4.53. The molecule has 3 aromatic rings. The van der Waals surface area contributed by atoms with Gasteiger partial charge < -0.3 is 0 Å². The van der Waals surface area contributed by atoms with Crippen molar-refractivity contribution in [2.45, 2.75) is 13.8 Å². The third-order valence-electron chi connectivity index (χ3n) is 2.72. The molecule has 0 aromatic carbocycles. The number of pyridine rings is 1. The van der Waals surface area contributed by atoms with Crippen LogP contribution in [-0.4, -0.2) is 19.6 Å². The van der Waals surface area contributed by atoms with Crippen LogP contribution in [0, 0.1) is 13.8 Å². The number of hydrogen-bond donors (Lipinski definition) is 0. The van der Waals surface area contributed by atoms with Crippen molar-refractivity contribution in [3.8, 4) is 11.3 Å². The predicted octanol–water partition coefficient (Wildman–Crippen LogP) is 2.41. The van der Waals surface area contributed by atoms with Crippen molar-refractivity contribution in [1.29, 1.82) is 0 Å². The molecule has 0 fully saturated rings. The Morgan fingerprint density at radius 2 is 2.06 bits per heavy atom. The first-order valence-corrected chi connectivity index (χ1v) is 5.49. The van der Waals surface area contributed by atoms with Crippen molar-refractivity contribution in [1.82, 2.24) is 19.6 Å². The molecule has 0 unspecified atom stereocenters. The average Bonchev–Trinajstić information content (AvgIpc) is 2.74. The highest BCUT2D eigenvalue weighted by atomic mass is 15.3. The zero-order chi connectivity index (χ0) is 11.8. The van der Waals surface area contributed by atoms with E-state index in [4.69, 9.17) is 0 Å². The summed E-state index contributed by atoms with van der Waals surface area (Å²) in [6.07, 6.45) is 3.60. The van der Waals surface area contributed by atoms with E-state index in [-0.39, 0.29) is 0 Å². The van der Waals surface area contributed by atoms with E-state index < -0.39 is 0 Å². The molecule has 0 aliphatic carbocycles. The summed E-state index contributed by atoms with van der Waals surface area (Å²) in [6.45, 7) is 4.01. The van der Waals surface area contributed by atoms with Crippen LogP contribution in [0.3, 0.4) is 0 Å². The molecule has 0 saturated heterocycles. The summed E-state index contributed by atoms with van der Waals surface area (Å²) in [5, 5.41) is 4.35. The third-order valence-corrected chi connectivity index (χ3v) is 2.72. The van der Waals surface area contributed by atoms with Gasteiger partial charge >= 0.3 is 0 Å². The van der Waals surface area contributed by atoms with E-state index in [1.54, 1.807) is 6.20 Å². The quantitative estimate of drug-likeness (QED) is 0.637. The fraction of sp³-hybridized carbons (Fsp3) is 0.154. The minimum absolute atomic E-state index is 0.862. The molecule has 3 aromatic heterocycles. The van der Waals surface area contributed by atoms with Crippen LogP contribution in [0.15, 0.2) is 36.7 Å². The first-order chi connectivity index (χ1) is 8.25. The number of aryl methyl sites for hydroxylation is 2. The second-order valence-electron chi connectivity index (χ2n) is 4.05. The molecule has 4 nitrogen and oxygen atoms in total. The largest absolute Gasteiger partial charge is 0.256 e. The van der Waals surface area contributed by atoms with Crippen LogP contribution < -0.4 is 0 Å². The Balaban J connectivity index is 2.32. The van der Waals surface area contributed by atoms with Crippen LogP contribution in [-0.2, 0) is 0 Å². The summed E-state index contributed by atoms with van der Waals surface area (Å²) in [5.74, 6) is 0. The van der Waals surface area contributed by atoms with E-state index in [1.807, 2.05) is 48.8 Å². The predicted molar refractivity (Wildman–Crippen MR) is 65.7 cm³/mol. The molecule has 4 heteroatoms. The van der Waals surface area contributed by atoms with E-state index in [2.05, 4.69) is 15.1 Å². The Morgan fingerprint density at radius 1 is 1.18 bits per heavy atom. The second-order valence-corrected chi connectivity index (χ2v) is 4.05. The van der Waals surface area contributed by atoms with Gasteiger partial charge in [-0.3, -0.25) is 4.98 Å². The molecule has 0 radical (unpaired) electrons. The second kappa shape index (κ2) is 3.66. The van der Waals surface area contributed by atoms with Gasteiger partial charge in [-0.1, -0.05) is 6.07 Å². The van der Waals surface area contributed by atoms with E-state index in [0.717, 1.165) is 28.3 Å². The summed E-state index contributed by atoms with van der Waals surface area (Å²) < 4.78 is 1.84. The molecule has 0 saturated carbocycles. The zero-order valence-electron chi connectivity index (χ0n) is 9.75. The molecule has 0 atom stereocenters. The Labute approximate surface area is 99.0 Å². The van der Waals surface area contributed by atoms with Crippen molar-refractivity contribution < 1.29 is 0 Å². The fourth-order valence-electron chi connectivity index (χ4n) is 1.97. The van der Waals surface area contributed by atoms with E-state index in [1.165, 1.54) is 0 Å². The van der Waals surface area contributed by atoms with Crippen molar-refractivity contribution in [3.05, 3.63) is 48.0 Å². The molecular formula is C13H12N4. The number of aromatic nitrogens is 4. The van der Waals surface area contributed by atoms with Crippen LogP contribution in [0.25, 0.3) is 16.9 Å². The first-order valence-electron chi connectivity index (χ1n) is 5.49. The minimum Gasteiger partial charge on any atom is -0.256 e. The molecular weight excluding hydrogens is 212 g/mol. The Hall–Kier alpha value is -2.23. The van der Waals surface area contributed by atoms with Crippen molar-refractivity contribution in [2.75, 3.05) is 0 Å². The smallest absolute Gasteiger partial charge is 0.164 e. The number of hydrogen-bond acceptors (Lipinski definition) is 3. The summed E-state index contributed by atoms with van der Waals surface area (Å²) in [7, 11) is 0.